The molecule has 2 N–H and O–H groups in total. The first-order valence-corrected chi connectivity index (χ1v) is 6.09. The molecule has 0 aliphatic rings. The van der Waals surface area contributed by atoms with Gasteiger partial charge < -0.3 is 10.4 Å². The third-order valence-corrected chi connectivity index (χ3v) is 3.22. The van der Waals surface area contributed by atoms with Crippen molar-refractivity contribution in [3.8, 4) is 0 Å². The Morgan fingerprint density at radius 3 is 2.25 bits per heavy atom. The van der Waals surface area contributed by atoms with Crippen LogP contribution < -0.4 is 5.32 Å². The first-order chi connectivity index (χ1) is 7.77. The van der Waals surface area contributed by atoms with Gasteiger partial charge in [0, 0.05) is 14.8 Å². The molecule has 2 aromatic carbocycles. The second kappa shape index (κ2) is 5.32. The lowest BCUT2D eigenvalue weighted by Crippen LogP contribution is -2.10. The lowest BCUT2D eigenvalue weighted by atomic mass is 10.2. The molecular formula is C13H12INO. The van der Waals surface area contributed by atoms with Gasteiger partial charge in [0.2, 0.25) is 0 Å². The first kappa shape index (κ1) is 11.4. The summed E-state index contributed by atoms with van der Waals surface area (Å²) < 4.78 is 1.09. The van der Waals surface area contributed by atoms with Gasteiger partial charge in [-0.2, -0.15) is 0 Å². The van der Waals surface area contributed by atoms with E-state index in [9.17, 15) is 5.11 Å². The standard InChI is InChI=1S/C13H12INO/c14-11-8-4-5-9-12(11)15-13(16)10-6-2-1-3-7-10/h1-9,13,15-16H. The molecule has 0 aliphatic heterocycles. The monoisotopic (exact) mass is 325 g/mol. The normalized spacial score (nSPS) is 12.1. The number of nitrogens with one attached hydrogen (secondary N) is 1. The van der Waals surface area contributed by atoms with E-state index in [0.29, 0.717) is 0 Å². The number of aliphatic hydroxyl groups is 1. The van der Waals surface area contributed by atoms with E-state index in [1.807, 2.05) is 54.6 Å². The maximum atomic E-state index is 9.98. The predicted octanol–water partition coefficient (Wildman–Crippen LogP) is 3.39. The largest absolute Gasteiger partial charge is 0.369 e. The summed E-state index contributed by atoms with van der Waals surface area (Å²) in [5, 5.41) is 13.1. The smallest absolute Gasteiger partial charge is 0.150 e. The molecule has 82 valence electrons. The number of hydrogen-bond donors (Lipinski definition) is 2. The highest BCUT2D eigenvalue weighted by Gasteiger charge is 2.07. The molecule has 2 rings (SSSR count). The number of halogens is 1. The molecule has 16 heavy (non-hydrogen) atoms. The summed E-state index contributed by atoms with van der Waals surface area (Å²) in [6.45, 7) is 0. The lowest BCUT2D eigenvalue weighted by molar-refractivity contribution is 0.208. The Hall–Kier alpha value is -1.07. The fourth-order valence-corrected chi connectivity index (χ4v) is 1.99. The van der Waals surface area contributed by atoms with E-state index < -0.39 is 6.23 Å². The second-order valence-electron chi connectivity index (χ2n) is 3.44. The maximum absolute atomic E-state index is 9.98. The molecule has 0 radical (unpaired) electrons. The molecule has 2 nitrogen and oxygen atoms in total. The fraction of sp³-hybridized carbons (Fsp3) is 0.0769. The third-order valence-electron chi connectivity index (χ3n) is 2.28. The van der Waals surface area contributed by atoms with Crippen LogP contribution in [0.4, 0.5) is 5.69 Å². The van der Waals surface area contributed by atoms with Crippen molar-refractivity contribution in [3.05, 3.63) is 63.7 Å². The molecule has 0 saturated carbocycles. The quantitative estimate of drug-likeness (QED) is 0.670. The molecular weight excluding hydrogens is 313 g/mol. The topological polar surface area (TPSA) is 32.3 Å². The summed E-state index contributed by atoms with van der Waals surface area (Å²) in [6.07, 6.45) is -0.669. The Kier molecular flexibility index (Phi) is 3.79. The van der Waals surface area contributed by atoms with E-state index in [4.69, 9.17) is 0 Å². The van der Waals surface area contributed by atoms with Crippen LogP contribution >= 0.6 is 22.6 Å². The molecule has 0 saturated heterocycles. The van der Waals surface area contributed by atoms with E-state index in [-0.39, 0.29) is 0 Å². The Morgan fingerprint density at radius 1 is 0.938 bits per heavy atom. The third kappa shape index (κ3) is 2.74. The van der Waals surface area contributed by atoms with E-state index in [1.165, 1.54) is 0 Å². The zero-order valence-electron chi connectivity index (χ0n) is 8.60. The lowest BCUT2D eigenvalue weighted by Gasteiger charge is -2.15. The molecule has 1 unspecified atom stereocenters. The highest BCUT2D eigenvalue weighted by atomic mass is 127. The highest BCUT2D eigenvalue weighted by molar-refractivity contribution is 14.1. The second-order valence-corrected chi connectivity index (χ2v) is 4.60. The molecule has 3 heteroatoms. The molecule has 1 atom stereocenters. The summed E-state index contributed by atoms with van der Waals surface area (Å²) >= 11 is 2.24. The van der Waals surface area contributed by atoms with Crippen molar-refractivity contribution in [1.29, 1.82) is 0 Å². The zero-order valence-corrected chi connectivity index (χ0v) is 10.8. The summed E-state index contributed by atoms with van der Waals surface area (Å²) in [4.78, 5) is 0. The van der Waals surface area contributed by atoms with Crippen molar-refractivity contribution in [2.45, 2.75) is 6.23 Å². The van der Waals surface area contributed by atoms with Crippen LogP contribution in [0.15, 0.2) is 54.6 Å². The van der Waals surface area contributed by atoms with Crippen LogP contribution in [0.1, 0.15) is 11.8 Å². The Balaban J connectivity index is 2.14. The number of hydrogen-bond acceptors (Lipinski definition) is 2. The summed E-state index contributed by atoms with van der Waals surface area (Å²) in [6, 6.07) is 17.4. The number of benzene rings is 2. The summed E-state index contributed by atoms with van der Waals surface area (Å²) in [7, 11) is 0. The van der Waals surface area contributed by atoms with Crippen LogP contribution in [0, 0.1) is 3.57 Å². The van der Waals surface area contributed by atoms with E-state index in [2.05, 4.69) is 27.9 Å². The van der Waals surface area contributed by atoms with Crippen molar-refractivity contribution in [2.75, 3.05) is 5.32 Å². The number of para-hydroxylation sites is 1. The van der Waals surface area contributed by atoms with Gasteiger partial charge in [-0.15, -0.1) is 0 Å². The first-order valence-electron chi connectivity index (χ1n) is 5.01. The van der Waals surface area contributed by atoms with Crippen molar-refractivity contribution >= 4 is 28.3 Å². The van der Waals surface area contributed by atoms with Gasteiger partial charge >= 0.3 is 0 Å². The minimum atomic E-state index is -0.669. The van der Waals surface area contributed by atoms with Gasteiger partial charge in [-0.1, -0.05) is 42.5 Å². The Morgan fingerprint density at radius 2 is 1.56 bits per heavy atom. The molecule has 0 aliphatic carbocycles. The molecule has 0 bridgehead atoms. The summed E-state index contributed by atoms with van der Waals surface area (Å²) in [5.41, 5.74) is 1.81. The fourth-order valence-electron chi connectivity index (χ4n) is 1.44. The maximum Gasteiger partial charge on any atom is 0.150 e. The van der Waals surface area contributed by atoms with Gasteiger partial charge in [-0.3, -0.25) is 0 Å². The highest BCUT2D eigenvalue weighted by Crippen LogP contribution is 2.21. The van der Waals surface area contributed by atoms with Crippen LogP contribution in [0.2, 0.25) is 0 Å². The van der Waals surface area contributed by atoms with Crippen LogP contribution in [0.3, 0.4) is 0 Å². The average molecular weight is 325 g/mol. The van der Waals surface area contributed by atoms with Crippen LogP contribution in [-0.2, 0) is 0 Å². The van der Waals surface area contributed by atoms with E-state index in [1.54, 1.807) is 0 Å². The van der Waals surface area contributed by atoms with Crippen molar-refractivity contribution < 1.29 is 5.11 Å². The minimum Gasteiger partial charge on any atom is -0.369 e. The predicted molar refractivity (Wildman–Crippen MR) is 74.2 cm³/mol. The number of rotatable bonds is 3. The van der Waals surface area contributed by atoms with Crippen LogP contribution in [-0.4, -0.2) is 5.11 Å². The number of anilines is 1. The molecule has 0 fully saturated rings. The SMILES string of the molecule is OC(Nc1ccccc1I)c1ccccc1. The van der Waals surface area contributed by atoms with E-state index in [0.717, 1.165) is 14.8 Å². The van der Waals surface area contributed by atoms with Crippen LogP contribution in [0.25, 0.3) is 0 Å². The Bertz CT molecular complexity index is 458. The molecule has 0 spiro atoms. The Labute approximate surface area is 108 Å². The van der Waals surface area contributed by atoms with Gasteiger partial charge in [0.25, 0.3) is 0 Å². The van der Waals surface area contributed by atoms with Gasteiger partial charge in [-0.25, -0.2) is 0 Å². The minimum absolute atomic E-state index is 0.669. The van der Waals surface area contributed by atoms with E-state index >= 15 is 0 Å². The van der Waals surface area contributed by atoms with Crippen molar-refractivity contribution in [3.63, 3.8) is 0 Å². The molecule has 0 amide bonds. The van der Waals surface area contributed by atoms with Gasteiger partial charge in [0.1, 0.15) is 0 Å². The van der Waals surface area contributed by atoms with Gasteiger partial charge in [0.05, 0.1) is 0 Å². The van der Waals surface area contributed by atoms with Gasteiger partial charge in [0.15, 0.2) is 6.23 Å². The average Bonchev–Trinajstić information content (AvgIpc) is 2.33. The summed E-state index contributed by atoms with van der Waals surface area (Å²) in [5.74, 6) is 0. The van der Waals surface area contributed by atoms with Crippen LogP contribution in [0.5, 0.6) is 0 Å². The van der Waals surface area contributed by atoms with Crippen molar-refractivity contribution in [2.24, 2.45) is 0 Å². The zero-order chi connectivity index (χ0) is 11.4. The molecule has 2 aromatic rings. The van der Waals surface area contributed by atoms with Gasteiger partial charge in [-0.05, 0) is 34.7 Å². The molecule has 0 heterocycles. The van der Waals surface area contributed by atoms with Crippen molar-refractivity contribution in [1.82, 2.24) is 0 Å². The molecule has 0 aromatic heterocycles. The number of aliphatic hydroxyl groups excluding tert-OH is 1.